The Morgan fingerprint density at radius 2 is 1.31 bits per heavy atom. The van der Waals surface area contributed by atoms with Gasteiger partial charge in [0, 0.05) is 29.6 Å². The zero-order valence-corrected chi connectivity index (χ0v) is 20.2. The van der Waals surface area contributed by atoms with E-state index in [0.29, 0.717) is 68.5 Å². The van der Waals surface area contributed by atoms with Crippen LogP contribution in [-0.2, 0) is 0 Å². The Balaban J connectivity index is 1.94. The molecule has 0 saturated heterocycles. The minimum absolute atomic E-state index is 0.386. The summed E-state index contributed by atoms with van der Waals surface area (Å²) in [5.74, 6) is 3.39. The molecule has 0 saturated carbocycles. The van der Waals surface area contributed by atoms with Gasteiger partial charge < -0.3 is 33.7 Å². The van der Waals surface area contributed by atoms with Crippen LogP contribution >= 0.6 is 0 Å². The molecule has 0 aliphatic carbocycles. The molecule has 0 amide bonds. The minimum atomic E-state index is 0.386. The molecule has 182 valence electrons. The number of benzene rings is 2. The molecule has 35 heavy (non-hydrogen) atoms. The van der Waals surface area contributed by atoms with Crippen LogP contribution in [0.25, 0.3) is 16.9 Å². The Hall–Kier alpha value is -4.72. The summed E-state index contributed by atoms with van der Waals surface area (Å²) < 4.78 is 34.6. The van der Waals surface area contributed by atoms with Crippen LogP contribution in [0.5, 0.6) is 34.5 Å². The summed E-state index contributed by atoms with van der Waals surface area (Å²) >= 11 is 0. The third-order valence-corrected chi connectivity index (χ3v) is 5.44. The van der Waals surface area contributed by atoms with Crippen LogP contribution in [-0.4, -0.2) is 57.3 Å². The van der Waals surface area contributed by atoms with Gasteiger partial charge in [-0.15, -0.1) is 0 Å². The molecular formula is C24H25N5O6. The number of aromatic amines is 1. The van der Waals surface area contributed by atoms with Crippen LogP contribution in [0.2, 0.25) is 0 Å². The number of hydrogen-bond acceptors (Lipinski definition) is 9. The number of nitrogens with one attached hydrogen (secondary N) is 2. The van der Waals surface area contributed by atoms with Gasteiger partial charge in [-0.05, 0) is 12.1 Å². The van der Waals surface area contributed by atoms with E-state index in [-0.39, 0.29) is 0 Å². The molecule has 0 radical (unpaired) electrons. The fraction of sp³-hybridized carbons (Fsp3) is 0.250. The zero-order chi connectivity index (χ0) is 25.1. The fourth-order valence-corrected chi connectivity index (χ4v) is 3.83. The van der Waals surface area contributed by atoms with Crippen molar-refractivity contribution in [1.29, 1.82) is 5.26 Å². The van der Waals surface area contributed by atoms with Gasteiger partial charge >= 0.3 is 0 Å². The van der Waals surface area contributed by atoms with E-state index in [1.165, 1.54) is 7.11 Å². The number of hydrogen-bond donors (Lipinski definition) is 2. The summed E-state index contributed by atoms with van der Waals surface area (Å²) in [5, 5.41) is 16.0. The standard InChI is InChI=1S/C24H25N5O6/c1-30-16-7-13(8-17(31-2)21(16)34-5)20-24(29-23(28-20)14(11-25)12-26-29)27-15-9-18(32-3)22(35-6)19(10-15)33-4/h7-10,12,26-27H,1-6H3. The first-order valence-corrected chi connectivity index (χ1v) is 10.4. The van der Waals surface area contributed by atoms with Crippen LogP contribution < -0.4 is 33.7 Å². The highest BCUT2D eigenvalue weighted by molar-refractivity contribution is 5.83. The maximum Gasteiger partial charge on any atom is 0.203 e. The molecule has 0 spiro atoms. The molecule has 2 aromatic heterocycles. The Labute approximate surface area is 201 Å². The first-order valence-electron chi connectivity index (χ1n) is 10.4. The molecule has 0 fully saturated rings. The number of H-pyrrole nitrogens is 1. The number of ether oxygens (including phenoxy) is 6. The van der Waals surface area contributed by atoms with Crippen molar-refractivity contribution in [3.8, 4) is 51.8 Å². The average molecular weight is 479 g/mol. The number of nitrogens with zero attached hydrogens (tertiary/aromatic N) is 3. The smallest absolute Gasteiger partial charge is 0.203 e. The lowest BCUT2D eigenvalue weighted by Gasteiger charge is -2.16. The molecule has 4 rings (SSSR count). The molecule has 2 aromatic carbocycles. The number of nitriles is 1. The lowest BCUT2D eigenvalue weighted by atomic mass is 10.1. The minimum Gasteiger partial charge on any atom is -0.493 e. The van der Waals surface area contributed by atoms with Crippen molar-refractivity contribution in [3.05, 3.63) is 36.0 Å². The third-order valence-electron chi connectivity index (χ3n) is 5.44. The Morgan fingerprint density at radius 1 is 0.800 bits per heavy atom. The largest absolute Gasteiger partial charge is 0.493 e. The van der Waals surface area contributed by atoms with Crippen molar-refractivity contribution in [2.75, 3.05) is 48.0 Å². The highest BCUT2D eigenvalue weighted by Gasteiger charge is 2.23. The van der Waals surface area contributed by atoms with Crippen LogP contribution in [0.4, 0.5) is 11.5 Å². The monoisotopic (exact) mass is 479 g/mol. The van der Waals surface area contributed by atoms with Crippen molar-refractivity contribution in [2.45, 2.75) is 0 Å². The molecule has 0 aliphatic rings. The number of methoxy groups -OCH3 is 6. The second-order valence-electron chi connectivity index (χ2n) is 7.22. The van der Waals surface area contributed by atoms with Crippen LogP contribution in [0.1, 0.15) is 5.56 Å². The van der Waals surface area contributed by atoms with Crippen LogP contribution in [0.3, 0.4) is 0 Å². The average Bonchev–Trinajstić information content (AvgIpc) is 3.46. The number of rotatable bonds is 9. The van der Waals surface area contributed by atoms with Gasteiger partial charge in [-0.1, -0.05) is 0 Å². The third kappa shape index (κ3) is 3.95. The van der Waals surface area contributed by atoms with E-state index < -0.39 is 0 Å². The molecule has 2 heterocycles. The topological polar surface area (TPSA) is 124 Å². The predicted octanol–water partition coefficient (Wildman–Crippen LogP) is 4.00. The lowest BCUT2D eigenvalue weighted by Crippen LogP contribution is -2.01. The molecule has 4 aromatic rings. The van der Waals surface area contributed by atoms with Crippen LogP contribution in [0, 0.1) is 11.3 Å². The highest BCUT2D eigenvalue weighted by Crippen LogP contribution is 2.44. The van der Waals surface area contributed by atoms with Crippen LogP contribution in [0.15, 0.2) is 30.5 Å². The molecule has 11 nitrogen and oxygen atoms in total. The summed E-state index contributed by atoms with van der Waals surface area (Å²) in [4.78, 5) is 4.74. The maximum atomic E-state index is 9.56. The summed E-state index contributed by atoms with van der Waals surface area (Å²) in [5.41, 5.74) is 2.70. The van der Waals surface area contributed by atoms with Crippen molar-refractivity contribution < 1.29 is 28.4 Å². The summed E-state index contributed by atoms with van der Waals surface area (Å²) in [6.45, 7) is 0. The quantitative estimate of drug-likeness (QED) is 0.366. The van der Waals surface area contributed by atoms with E-state index in [1.54, 1.807) is 70.5 Å². The normalized spacial score (nSPS) is 10.5. The lowest BCUT2D eigenvalue weighted by molar-refractivity contribution is 0.324. The number of anilines is 2. The first-order chi connectivity index (χ1) is 17.0. The van der Waals surface area contributed by atoms with E-state index in [0.717, 1.165) is 0 Å². The van der Waals surface area contributed by atoms with E-state index in [4.69, 9.17) is 33.4 Å². The first kappa shape index (κ1) is 23.4. The van der Waals surface area contributed by atoms with Crippen molar-refractivity contribution in [3.63, 3.8) is 0 Å². The molecule has 11 heteroatoms. The number of fused-ring (bicyclic) bond motifs is 1. The maximum absolute atomic E-state index is 9.56. The van der Waals surface area contributed by atoms with E-state index in [9.17, 15) is 5.26 Å². The number of aromatic nitrogens is 3. The zero-order valence-electron chi connectivity index (χ0n) is 20.2. The van der Waals surface area contributed by atoms with Gasteiger partial charge in [0.2, 0.25) is 11.5 Å². The highest BCUT2D eigenvalue weighted by atomic mass is 16.5. The summed E-state index contributed by atoms with van der Waals surface area (Å²) in [7, 11) is 9.26. The summed E-state index contributed by atoms with van der Waals surface area (Å²) in [6, 6.07) is 9.27. The predicted molar refractivity (Wildman–Crippen MR) is 129 cm³/mol. The van der Waals surface area contributed by atoms with Gasteiger partial charge in [0.05, 0.1) is 42.7 Å². The Morgan fingerprint density at radius 3 is 1.77 bits per heavy atom. The van der Waals surface area contributed by atoms with Crippen molar-refractivity contribution in [1.82, 2.24) is 14.6 Å². The number of imidazole rings is 1. The molecule has 0 unspecified atom stereocenters. The van der Waals surface area contributed by atoms with Gasteiger partial charge in [0.1, 0.15) is 17.3 Å². The Bertz CT molecular complexity index is 1370. The molecule has 2 N–H and O–H groups in total. The van der Waals surface area contributed by atoms with Gasteiger partial charge in [-0.25, -0.2) is 9.50 Å². The van der Waals surface area contributed by atoms with E-state index in [1.807, 2.05) is 0 Å². The van der Waals surface area contributed by atoms with E-state index in [2.05, 4.69) is 16.5 Å². The molecule has 0 atom stereocenters. The second kappa shape index (κ2) is 9.64. The SMILES string of the molecule is COc1cc(Nc2c(-c3cc(OC)c(OC)c(OC)c3)nc3c(C#N)c[nH]n23)cc(OC)c1OC. The van der Waals surface area contributed by atoms with Gasteiger partial charge in [0.25, 0.3) is 0 Å². The molecule has 0 bridgehead atoms. The Kier molecular flexibility index (Phi) is 6.46. The van der Waals surface area contributed by atoms with Gasteiger partial charge in [-0.2, -0.15) is 5.26 Å². The fourth-order valence-electron chi connectivity index (χ4n) is 3.83. The van der Waals surface area contributed by atoms with Gasteiger partial charge in [-0.3, -0.25) is 5.10 Å². The molecular weight excluding hydrogens is 454 g/mol. The summed E-state index contributed by atoms with van der Waals surface area (Å²) in [6.07, 6.45) is 1.58. The van der Waals surface area contributed by atoms with E-state index >= 15 is 0 Å². The van der Waals surface area contributed by atoms with Crippen molar-refractivity contribution in [2.24, 2.45) is 0 Å². The second-order valence-corrected chi connectivity index (χ2v) is 7.22. The van der Waals surface area contributed by atoms with Crippen molar-refractivity contribution >= 4 is 17.2 Å². The van der Waals surface area contributed by atoms with Gasteiger partial charge in [0.15, 0.2) is 34.5 Å². The molecule has 0 aliphatic heterocycles.